The number of nitrogens with one attached hydrogen (secondary N) is 2. The number of imidazole rings is 1. The molecule has 0 fully saturated rings. The van der Waals surface area contributed by atoms with E-state index < -0.39 is 5.91 Å². The number of hydrogen-bond donors (Lipinski definition) is 2. The first-order valence-corrected chi connectivity index (χ1v) is 8.89. The van der Waals surface area contributed by atoms with E-state index >= 15 is 0 Å². The molecule has 1 heterocycles. The molecule has 0 radical (unpaired) electrons. The fraction of sp³-hybridized carbons (Fsp3) is 0.421. The average molecular weight is 390 g/mol. The lowest BCUT2D eigenvalue weighted by molar-refractivity contribution is -0.120. The van der Waals surface area contributed by atoms with Crippen LogP contribution in [-0.4, -0.2) is 55.8 Å². The van der Waals surface area contributed by atoms with Crippen LogP contribution in [0.1, 0.15) is 23.2 Å². The molecule has 28 heavy (non-hydrogen) atoms. The zero-order valence-electron chi connectivity index (χ0n) is 16.4. The monoisotopic (exact) mass is 390 g/mol. The van der Waals surface area contributed by atoms with Gasteiger partial charge in [-0.15, -0.1) is 0 Å². The Labute approximate surface area is 164 Å². The van der Waals surface area contributed by atoms with Gasteiger partial charge in [0.15, 0.2) is 11.5 Å². The Bertz CT molecular complexity index is 752. The molecule has 0 saturated heterocycles. The van der Waals surface area contributed by atoms with Crippen molar-refractivity contribution < 1.29 is 23.8 Å². The van der Waals surface area contributed by atoms with Gasteiger partial charge >= 0.3 is 0 Å². The van der Waals surface area contributed by atoms with Gasteiger partial charge in [0.05, 0.1) is 34.2 Å². The number of ether oxygens (including phenoxy) is 3. The summed E-state index contributed by atoms with van der Waals surface area (Å²) < 4.78 is 17.7. The number of aromatic nitrogens is 2. The molecule has 2 N–H and O–H groups in total. The zero-order valence-corrected chi connectivity index (χ0v) is 16.4. The summed E-state index contributed by atoms with van der Waals surface area (Å²) in [4.78, 5) is 28.2. The van der Waals surface area contributed by atoms with E-state index in [1.807, 2.05) is 10.8 Å². The molecule has 1 aromatic carbocycles. The van der Waals surface area contributed by atoms with Crippen molar-refractivity contribution in [3.8, 4) is 17.2 Å². The molecular formula is C19H26N4O5. The molecule has 9 heteroatoms. The van der Waals surface area contributed by atoms with E-state index in [9.17, 15) is 9.59 Å². The second-order valence-corrected chi connectivity index (χ2v) is 5.95. The Balaban J connectivity index is 1.77. The van der Waals surface area contributed by atoms with Crippen LogP contribution in [0.4, 0.5) is 0 Å². The molecule has 2 amide bonds. The number of aryl methyl sites for hydroxylation is 1. The topological polar surface area (TPSA) is 104 Å². The Hall–Kier alpha value is -3.23. The van der Waals surface area contributed by atoms with Gasteiger partial charge in [0, 0.05) is 31.0 Å². The smallest absolute Gasteiger partial charge is 0.251 e. The molecular weight excluding hydrogens is 364 g/mol. The van der Waals surface area contributed by atoms with Crippen LogP contribution in [0.25, 0.3) is 0 Å². The first-order valence-electron chi connectivity index (χ1n) is 8.89. The molecule has 2 aromatic rings. The van der Waals surface area contributed by atoms with Gasteiger partial charge < -0.3 is 29.4 Å². The number of unbranched alkanes of at least 4 members (excludes halogenated alkanes) is 1. The van der Waals surface area contributed by atoms with Gasteiger partial charge in [0.25, 0.3) is 5.91 Å². The molecule has 2 rings (SSSR count). The molecule has 152 valence electrons. The van der Waals surface area contributed by atoms with Gasteiger partial charge in [-0.05, 0) is 25.0 Å². The van der Waals surface area contributed by atoms with Gasteiger partial charge in [-0.1, -0.05) is 0 Å². The van der Waals surface area contributed by atoms with Gasteiger partial charge in [0.1, 0.15) is 0 Å². The van der Waals surface area contributed by atoms with Crippen LogP contribution in [0.3, 0.4) is 0 Å². The highest BCUT2D eigenvalue weighted by atomic mass is 16.5. The summed E-state index contributed by atoms with van der Waals surface area (Å²) in [5, 5.41) is 5.37. The van der Waals surface area contributed by atoms with Crippen LogP contribution in [-0.2, 0) is 11.3 Å². The van der Waals surface area contributed by atoms with Crippen molar-refractivity contribution in [2.24, 2.45) is 0 Å². The maximum atomic E-state index is 12.3. The van der Waals surface area contributed by atoms with Crippen LogP contribution in [0, 0.1) is 0 Å². The Morgan fingerprint density at radius 1 is 1.04 bits per heavy atom. The Morgan fingerprint density at radius 2 is 1.75 bits per heavy atom. The molecule has 0 aliphatic heterocycles. The second-order valence-electron chi connectivity index (χ2n) is 5.95. The number of nitrogens with zero attached hydrogens (tertiary/aromatic N) is 2. The number of carbonyl (C=O) groups is 2. The third kappa shape index (κ3) is 5.90. The van der Waals surface area contributed by atoms with Crippen molar-refractivity contribution in [2.75, 3.05) is 34.4 Å². The molecule has 0 aliphatic rings. The lowest BCUT2D eigenvalue weighted by Gasteiger charge is -2.14. The van der Waals surface area contributed by atoms with Crippen LogP contribution < -0.4 is 24.8 Å². The normalized spacial score (nSPS) is 10.2. The van der Waals surface area contributed by atoms with Gasteiger partial charge in [-0.25, -0.2) is 4.98 Å². The van der Waals surface area contributed by atoms with Crippen LogP contribution in [0.5, 0.6) is 17.2 Å². The molecule has 0 saturated carbocycles. The minimum atomic E-state index is -0.408. The maximum Gasteiger partial charge on any atom is 0.251 e. The number of benzene rings is 1. The number of amides is 2. The number of rotatable bonds is 11. The van der Waals surface area contributed by atoms with Gasteiger partial charge in [-0.2, -0.15) is 0 Å². The number of carbonyl (C=O) groups excluding carboxylic acids is 2. The van der Waals surface area contributed by atoms with Crippen molar-refractivity contribution in [2.45, 2.75) is 19.4 Å². The molecule has 9 nitrogen and oxygen atoms in total. The minimum absolute atomic E-state index is 0.114. The fourth-order valence-corrected chi connectivity index (χ4v) is 2.60. The van der Waals surface area contributed by atoms with E-state index in [4.69, 9.17) is 14.2 Å². The first-order chi connectivity index (χ1) is 13.6. The Morgan fingerprint density at radius 3 is 2.32 bits per heavy atom. The minimum Gasteiger partial charge on any atom is -0.493 e. The second kappa shape index (κ2) is 10.8. The molecule has 0 atom stereocenters. The maximum absolute atomic E-state index is 12.3. The van der Waals surface area contributed by atoms with E-state index in [2.05, 4.69) is 15.6 Å². The van der Waals surface area contributed by atoms with E-state index in [0.29, 0.717) is 29.4 Å². The quantitative estimate of drug-likeness (QED) is 0.560. The zero-order chi connectivity index (χ0) is 20.4. The predicted molar refractivity (Wildman–Crippen MR) is 103 cm³/mol. The molecule has 0 aliphatic carbocycles. The average Bonchev–Trinajstić information content (AvgIpc) is 3.23. The third-order valence-electron chi connectivity index (χ3n) is 4.06. The highest BCUT2D eigenvalue weighted by Crippen LogP contribution is 2.38. The lowest BCUT2D eigenvalue weighted by atomic mass is 10.1. The SMILES string of the molecule is COc1cc(C(=O)NCC(=O)NCCCCn2ccnc2)cc(OC)c1OC. The van der Waals surface area contributed by atoms with Crippen LogP contribution in [0.15, 0.2) is 30.9 Å². The van der Waals surface area contributed by atoms with Crippen molar-refractivity contribution >= 4 is 11.8 Å². The summed E-state index contributed by atoms with van der Waals surface area (Å²) in [5.41, 5.74) is 0.308. The van der Waals surface area contributed by atoms with Crippen molar-refractivity contribution in [1.82, 2.24) is 20.2 Å². The van der Waals surface area contributed by atoms with Crippen LogP contribution in [0.2, 0.25) is 0 Å². The summed E-state index contributed by atoms with van der Waals surface area (Å²) in [6.45, 7) is 1.29. The standard InChI is InChI=1S/C19H26N4O5/c1-26-15-10-14(11-16(27-2)18(15)28-3)19(25)22-12-17(24)21-6-4-5-8-23-9-7-20-13-23/h7,9-11,13H,4-6,8,12H2,1-3H3,(H,21,24)(H,22,25). The number of hydrogen-bond acceptors (Lipinski definition) is 6. The summed E-state index contributed by atoms with van der Waals surface area (Å²) in [7, 11) is 4.43. The van der Waals surface area contributed by atoms with Crippen molar-refractivity contribution in [3.05, 3.63) is 36.4 Å². The van der Waals surface area contributed by atoms with Gasteiger partial charge in [0.2, 0.25) is 11.7 Å². The van der Waals surface area contributed by atoms with E-state index in [-0.39, 0.29) is 12.5 Å². The van der Waals surface area contributed by atoms with Crippen LogP contribution >= 0.6 is 0 Å². The highest BCUT2D eigenvalue weighted by molar-refractivity contribution is 5.97. The third-order valence-corrected chi connectivity index (χ3v) is 4.06. The first kappa shape index (κ1) is 21.1. The molecule has 1 aromatic heterocycles. The number of methoxy groups -OCH3 is 3. The summed E-state index contributed by atoms with van der Waals surface area (Å²) in [6, 6.07) is 3.06. The predicted octanol–water partition coefficient (Wildman–Crippen LogP) is 1.24. The summed E-state index contributed by atoms with van der Waals surface area (Å²) in [5.74, 6) is 0.483. The van der Waals surface area contributed by atoms with E-state index in [1.54, 1.807) is 12.5 Å². The van der Waals surface area contributed by atoms with E-state index in [1.165, 1.54) is 33.5 Å². The van der Waals surface area contributed by atoms with E-state index in [0.717, 1.165) is 19.4 Å². The molecule has 0 unspecified atom stereocenters. The molecule has 0 bridgehead atoms. The lowest BCUT2D eigenvalue weighted by Crippen LogP contribution is -2.37. The highest BCUT2D eigenvalue weighted by Gasteiger charge is 2.17. The van der Waals surface area contributed by atoms with Crippen molar-refractivity contribution in [3.63, 3.8) is 0 Å². The summed E-state index contributed by atoms with van der Waals surface area (Å²) in [6.07, 6.45) is 7.16. The largest absolute Gasteiger partial charge is 0.493 e. The Kier molecular flexibility index (Phi) is 8.13. The molecule has 0 spiro atoms. The summed E-state index contributed by atoms with van der Waals surface area (Å²) >= 11 is 0. The van der Waals surface area contributed by atoms with Crippen molar-refractivity contribution in [1.29, 1.82) is 0 Å². The van der Waals surface area contributed by atoms with Gasteiger partial charge in [-0.3, -0.25) is 9.59 Å². The fourth-order valence-electron chi connectivity index (χ4n) is 2.60.